The highest BCUT2D eigenvalue weighted by atomic mass is 79.9. The first kappa shape index (κ1) is 13.0. The predicted octanol–water partition coefficient (Wildman–Crippen LogP) is 4.07. The number of aliphatic hydroxyl groups excluding tert-OH is 1. The van der Waals surface area contributed by atoms with Crippen LogP contribution in [0.2, 0.25) is 0 Å². The second-order valence-corrected chi connectivity index (χ2v) is 6.05. The van der Waals surface area contributed by atoms with E-state index in [9.17, 15) is 9.50 Å². The summed E-state index contributed by atoms with van der Waals surface area (Å²) in [5.41, 5.74) is 0.621. The second kappa shape index (κ2) is 5.49. The summed E-state index contributed by atoms with van der Waals surface area (Å²) in [6.45, 7) is 0.166. The summed E-state index contributed by atoms with van der Waals surface area (Å²) >= 11 is 3.37. The molecule has 0 bridgehead atoms. The average molecular weight is 301 g/mol. The third kappa shape index (κ3) is 3.08. The van der Waals surface area contributed by atoms with Crippen molar-refractivity contribution < 1.29 is 9.50 Å². The molecule has 1 N–H and O–H groups in total. The minimum Gasteiger partial charge on any atom is -0.396 e. The van der Waals surface area contributed by atoms with E-state index in [1.165, 1.54) is 12.5 Å². The van der Waals surface area contributed by atoms with E-state index in [0.29, 0.717) is 6.42 Å². The van der Waals surface area contributed by atoms with Crippen molar-refractivity contribution in [1.82, 2.24) is 0 Å². The largest absolute Gasteiger partial charge is 0.396 e. The zero-order chi connectivity index (χ0) is 12.3. The molecule has 0 aliphatic heterocycles. The summed E-state index contributed by atoms with van der Waals surface area (Å²) in [5.74, 6) is -0.161. The van der Waals surface area contributed by atoms with Gasteiger partial charge in [0.1, 0.15) is 5.82 Å². The molecule has 1 aromatic carbocycles. The summed E-state index contributed by atoms with van der Waals surface area (Å²) in [6.07, 6.45) is 6.20. The van der Waals surface area contributed by atoms with Gasteiger partial charge in [-0.1, -0.05) is 35.2 Å². The molecule has 0 aromatic heterocycles. The Kier molecular flexibility index (Phi) is 4.21. The predicted molar refractivity (Wildman–Crippen MR) is 70.4 cm³/mol. The van der Waals surface area contributed by atoms with E-state index < -0.39 is 0 Å². The fourth-order valence-corrected chi connectivity index (χ4v) is 3.18. The molecule has 1 aliphatic rings. The smallest absolute Gasteiger partial charge is 0.126 e. The molecule has 1 saturated carbocycles. The summed E-state index contributed by atoms with van der Waals surface area (Å²) in [5, 5.41) is 9.63. The number of benzene rings is 1. The van der Waals surface area contributed by atoms with Gasteiger partial charge in [-0.05, 0) is 48.4 Å². The minimum absolute atomic E-state index is 0.0973. The first-order valence-corrected chi connectivity index (χ1v) is 6.99. The highest BCUT2D eigenvalue weighted by molar-refractivity contribution is 9.10. The Morgan fingerprint density at radius 3 is 2.59 bits per heavy atom. The van der Waals surface area contributed by atoms with Crippen LogP contribution in [-0.4, -0.2) is 11.7 Å². The van der Waals surface area contributed by atoms with E-state index >= 15 is 0 Å². The molecule has 1 fully saturated rings. The van der Waals surface area contributed by atoms with Crippen LogP contribution in [0.15, 0.2) is 22.7 Å². The molecule has 1 aliphatic carbocycles. The molecule has 0 atom stereocenters. The number of rotatable bonds is 3. The Bertz CT molecular complexity index is 386. The minimum atomic E-state index is -0.161. The Morgan fingerprint density at radius 1 is 1.24 bits per heavy atom. The number of halogens is 2. The van der Waals surface area contributed by atoms with Gasteiger partial charge in [0, 0.05) is 11.1 Å². The maximum atomic E-state index is 13.7. The normalized spacial score (nSPS) is 19.2. The molecule has 2 rings (SSSR count). The van der Waals surface area contributed by atoms with E-state index in [1.807, 2.05) is 6.07 Å². The third-order valence-corrected chi connectivity index (χ3v) is 4.32. The molecule has 1 nitrogen and oxygen atoms in total. The maximum Gasteiger partial charge on any atom is 0.126 e. The van der Waals surface area contributed by atoms with Crippen LogP contribution in [0.3, 0.4) is 0 Å². The summed E-state index contributed by atoms with van der Waals surface area (Å²) in [6, 6.07) is 5.04. The topological polar surface area (TPSA) is 20.2 Å². The van der Waals surface area contributed by atoms with Crippen molar-refractivity contribution in [2.24, 2.45) is 5.41 Å². The van der Waals surface area contributed by atoms with Crippen molar-refractivity contribution >= 4 is 15.9 Å². The van der Waals surface area contributed by atoms with Crippen molar-refractivity contribution in [1.29, 1.82) is 0 Å². The highest BCUT2D eigenvalue weighted by Crippen LogP contribution is 2.39. The van der Waals surface area contributed by atoms with Gasteiger partial charge in [-0.3, -0.25) is 0 Å². The molecule has 17 heavy (non-hydrogen) atoms. The van der Waals surface area contributed by atoms with Crippen LogP contribution in [0.5, 0.6) is 0 Å². The van der Waals surface area contributed by atoms with Crippen molar-refractivity contribution in [3.63, 3.8) is 0 Å². The zero-order valence-corrected chi connectivity index (χ0v) is 11.5. The van der Waals surface area contributed by atoms with Gasteiger partial charge in [0.05, 0.1) is 0 Å². The van der Waals surface area contributed by atoms with Crippen molar-refractivity contribution in [2.75, 3.05) is 6.61 Å². The Labute approximate surface area is 110 Å². The molecule has 0 spiro atoms. The maximum absolute atomic E-state index is 13.7. The molecule has 0 unspecified atom stereocenters. The van der Waals surface area contributed by atoms with E-state index in [-0.39, 0.29) is 17.8 Å². The van der Waals surface area contributed by atoms with E-state index in [4.69, 9.17) is 0 Å². The summed E-state index contributed by atoms with van der Waals surface area (Å²) < 4.78 is 14.6. The zero-order valence-electron chi connectivity index (χ0n) is 9.88. The number of aliphatic hydroxyl groups is 1. The summed E-state index contributed by atoms with van der Waals surface area (Å²) in [4.78, 5) is 0. The van der Waals surface area contributed by atoms with Crippen LogP contribution in [-0.2, 0) is 6.42 Å². The quantitative estimate of drug-likeness (QED) is 0.892. The van der Waals surface area contributed by atoms with Gasteiger partial charge in [0.2, 0.25) is 0 Å². The van der Waals surface area contributed by atoms with Gasteiger partial charge < -0.3 is 5.11 Å². The fraction of sp³-hybridized carbons (Fsp3) is 0.571. The van der Waals surface area contributed by atoms with Crippen LogP contribution in [0.1, 0.15) is 37.7 Å². The van der Waals surface area contributed by atoms with Crippen LogP contribution in [0.25, 0.3) is 0 Å². The lowest BCUT2D eigenvalue weighted by molar-refractivity contribution is 0.0815. The first-order chi connectivity index (χ1) is 8.15. The van der Waals surface area contributed by atoms with Gasteiger partial charge in [0.25, 0.3) is 0 Å². The highest BCUT2D eigenvalue weighted by Gasteiger charge is 2.32. The molecule has 0 radical (unpaired) electrons. The molecular weight excluding hydrogens is 283 g/mol. The summed E-state index contributed by atoms with van der Waals surface area (Å²) in [7, 11) is 0. The third-order valence-electron chi connectivity index (χ3n) is 3.82. The number of hydrogen-bond donors (Lipinski definition) is 1. The fourth-order valence-electron chi connectivity index (χ4n) is 2.78. The standard InChI is InChI=1S/C14H18BrFO/c15-12-4-5-13(16)11(8-12)9-14(10-17)6-2-1-3-7-14/h4-5,8,17H,1-3,6-7,9-10H2. The second-order valence-electron chi connectivity index (χ2n) is 5.13. The van der Waals surface area contributed by atoms with E-state index in [1.54, 1.807) is 6.07 Å². The Morgan fingerprint density at radius 2 is 1.94 bits per heavy atom. The van der Waals surface area contributed by atoms with Crippen LogP contribution in [0, 0.1) is 11.2 Å². The lowest BCUT2D eigenvalue weighted by Gasteiger charge is -2.35. The van der Waals surface area contributed by atoms with Crippen LogP contribution >= 0.6 is 15.9 Å². The van der Waals surface area contributed by atoms with Gasteiger partial charge in [-0.15, -0.1) is 0 Å². The van der Waals surface area contributed by atoms with Crippen molar-refractivity contribution in [3.8, 4) is 0 Å². The van der Waals surface area contributed by atoms with Crippen molar-refractivity contribution in [2.45, 2.75) is 38.5 Å². The Hall–Kier alpha value is -0.410. The van der Waals surface area contributed by atoms with Crippen LogP contribution < -0.4 is 0 Å². The van der Waals surface area contributed by atoms with Gasteiger partial charge in [-0.2, -0.15) is 0 Å². The monoisotopic (exact) mass is 300 g/mol. The van der Waals surface area contributed by atoms with Crippen LogP contribution in [0.4, 0.5) is 4.39 Å². The lowest BCUT2D eigenvalue weighted by atomic mass is 9.71. The van der Waals surface area contributed by atoms with Gasteiger partial charge in [-0.25, -0.2) is 4.39 Å². The SMILES string of the molecule is OCC1(Cc2cc(Br)ccc2F)CCCCC1. The molecule has 0 heterocycles. The first-order valence-electron chi connectivity index (χ1n) is 6.20. The van der Waals surface area contributed by atoms with Gasteiger partial charge in [0.15, 0.2) is 0 Å². The van der Waals surface area contributed by atoms with E-state index in [0.717, 1.165) is 35.7 Å². The molecule has 0 saturated heterocycles. The molecule has 0 amide bonds. The average Bonchev–Trinajstić information content (AvgIpc) is 2.35. The number of hydrogen-bond acceptors (Lipinski definition) is 1. The molecule has 94 valence electrons. The van der Waals surface area contributed by atoms with E-state index in [2.05, 4.69) is 15.9 Å². The van der Waals surface area contributed by atoms with Gasteiger partial charge >= 0.3 is 0 Å². The van der Waals surface area contributed by atoms with Crippen molar-refractivity contribution in [3.05, 3.63) is 34.1 Å². The molecular formula is C14H18BrFO. The Balaban J connectivity index is 2.20. The molecule has 3 heteroatoms. The lowest BCUT2D eigenvalue weighted by Crippen LogP contribution is -2.31. The molecule has 1 aromatic rings.